The molecule has 3 nitrogen and oxygen atoms in total. The summed E-state index contributed by atoms with van der Waals surface area (Å²) in [5, 5.41) is 16.3. The van der Waals surface area contributed by atoms with E-state index in [0.717, 1.165) is 24.4 Å². The van der Waals surface area contributed by atoms with Crippen molar-refractivity contribution >= 4 is 28.6 Å². The van der Waals surface area contributed by atoms with E-state index >= 15 is 0 Å². The third-order valence-electron chi connectivity index (χ3n) is 2.51. The minimum Gasteiger partial charge on any atom is -0.481 e. The van der Waals surface area contributed by atoms with Gasteiger partial charge in [0.2, 0.25) is 0 Å². The SMILES string of the molecule is O=C(O)Cc1ccc(CNCCc2ccsc2)s1. The van der Waals surface area contributed by atoms with Gasteiger partial charge in [0.25, 0.3) is 0 Å². The van der Waals surface area contributed by atoms with Crippen LogP contribution in [0.3, 0.4) is 0 Å². The Balaban J connectivity index is 1.70. The fourth-order valence-corrected chi connectivity index (χ4v) is 3.32. The van der Waals surface area contributed by atoms with E-state index in [0.29, 0.717) is 0 Å². The maximum absolute atomic E-state index is 10.6. The molecule has 0 unspecified atom stereocenters. The van der Waals surface area contributed by atoms with Crippen molar-refractivity contribution in [2.75, 3.05) is 6.54 Å². The Kier molecular flexibility index (Phi) is 4.92. The number of rotatable bonds is 7. The van der Waals surface area contributed by atoms with Gasteiger partial charge in [-0.25, -0.2) is 0 Å². The highest BCUT2D eigenvalue weighted by atomic mass is 32.1. The minimum absolute atomic E-state index is 0.125. The maximum atomic E-state index is 10.6. The number of carbonyl (C=O) groups is 1. The van der Waals surface area contributed by atoms with Gasteiger partial charge in [-0.2, -0.15) is 11.3 Å². The van der Waals surface area contributed by atoms with Crippen molar-refractivity contribution in [3.05, 3.63) is 44.3 Å². The van der Waals surface area contributed by atoms with E-state index in [4.69, 9.17) is 5.11 Å². The molecule has 0 aliphatic heterocycles. The second kappa shape index (κ2) is 6.68. The predicted octanol–water partition coefficient (Wildman–Crippen LogP) is 2.77. The molecule has 0 saturated heterocycles. The first-order valence-corrected chi connectivity index (χ1v) is 7.51. The molecule has 0 atom stereocenters. The molecule has 2 aromatic rings. The van der Waals surface area contributed by atoms with Gasteiger partial charge in [-0.05, 0) is 47.5 Å². The quantitative estimate of drug-likeness (QED) is 0.767. The monoisotopic (exact) mass is 281 g/mol. The fourth-order valence-electron chi connectivity index (χ4n) is 1.64. The lowest BCUT2D eigenvalue weighted by molar-refractivity contribution is -0.136. The highest BCUT2D eigenvalue weighted by molar-refractivity contribution is 7.12. The van der Waals surface area contributed by atoms with Crippen molar-refractivity contribution < 1.29 is 9.90 Å². The third kappa shape index (κ3) is 4.25. The van der Waals surface area contributed by atoms with Gasteiger partial charge >= 0.3 is 5.97 Å². The Labute approximate surface area is 114 Å². The van der Waals surface area contributed by atoms with Gasteiger partial charge in [-0.3, -0.25) is 4.79 Å². The zero-order valence-electron chi connectivity index (χ0n) is 9.89. The summed E-state index contributed by atoms with van der Waals surface area (Å²) >= 11 is 3.29. The molecule has 2 aromatic heterocycles. The van der Waals surface area contributed by atoms with Crippen LogP contribution in [0.1, 0.15) is 15.3 Å². The molecule has 18 heavy (non-hydrogen) atoms. The van der Waals surface area contributed by atoms with Crippen LogP contribution in [0.5, 0.6) is 0 Å². The summed E-state index contributed by atoms with van der Waals surface area (Å²) in [5.74, 6) is -0.770. The summed E-state index contributed by atoms with van der Waals surface area (Å²) in [5.41, 5.74) is 1.37. The van der Waals surface area contributed by atoms with Gasteiger partial charge in [0.1, 0.15) is 0 Å². The highest BCUT2D eigenvalue weighted by Gasteiger charge is 2.04. The molecule has 0 amide bonds. The van der Waals surface area contributed by atoms with E-state index in [1.165, 1.54) is 10.4 Å². The van der Waals surface area contributed by atoms with Gasteiger partial charge in [-0.1, -0.05) is 0 Å². The van der Waals surface area contributed by atoms with Crippen LogP contribution >= 0.6 is 22.7 Å². The van der Waals surface area contributed by atoms with Crippen molar-refractivity contribution in [2.45, 2.75) is 19.4 Å². The standard InChI is InChI=1S/C13H15NO2S2/c15-13(16)7-11-1-2-12(18-11)8-14-5-3-10-4-6-17-9-10/h1-2,4,6,9,14H,3,5,7-8H2,(H,15,16). The average molecular weight is 281 g/mol. The van der Waals surface area contributed by atoms with Crippen LogP contribution in [-0.4, -0.2) is 17.6 Å². The first-order chi connectivity index (χ1) is 8.74. The lowest BCUT2D eigenvalue weighted by Gasteiger charge is -2.01. The molecule has 0 aromatic carbocycles. The molecule has 0 aliphatic rings. The van der Waals surface area contributed by atoms with Crippen LogP contribution in [0, 0.1) is 0 Å². The number of hydrogen-bond acceptors (Lipinski definition) is 4. The van der Waals surface area contributed by atoms with Crippen molar-refractivity contribution in [1.29, 1.82) is 0 Å². The molecule has 0 aliphatic carbocycles. The topological polar surface area (TPSA) is 49.3 Å². The Morgan fingerprint density at radius 3 is 2.83 bits per heavy atom. The lowest BCUT2D eigenvalue weighted by Crippen LogP contribution is -2.15. The second-order valence-electron chi connectivity index (χ2n) is 4.00. The van der Waals surface area contributed by atoms with E-state index in [2.05, 4.69) is 22.1 Å². The normalized spacial score (nSPS) is 10.7. The second-order valence-corrected chi connectivity index (χ2v) is 6.03. The summed E-state index contributed by atoms with van der Waals surface area (Å²) in [6, 6.07) is 6.04. The van der Waals surface area contributed by atoms with Gasteiger partial charge in [0, 0.05) is 16.3 Å². The third-order valence-corrected chi connectivity index (χ3v) is 4.33. The first kappa shape index (κ1) is 13.3. The van der Waals surface area contributed by atoms with Crippen LogP contribution in [0.2, 0.25) is 0 Å². The molecular weight excluding hydrogens is 266 g/mol. The molecule has 0 bridgehead atoms. The molecule has 0 spiro atoms. The smallest absolute Gasteiger partial charge is 0.308 e. The molecule has 0 radical (unpaired) electrons. The summed E-state index contributed by atoms with van der Waals surface area (Å²) in [6.45, 7) is 1.76. The lowest BCUT2D eigenvalue weighted by atomic mass is 10.2. The van der Waals surface area contributed by atoms with E-state index < -0.39 is 5.97 Å². The molecule has 2 N–H and O–H groups in total. The van der Waals surface area contributed by atoms with Gasteiger partial charge < -0.3 is 10.4 Å². The fraction of sp³-hybridized carbons (Fsp3) is 0.308. The van der Waals surface area contributed by atoms with Gasteiger partial charge in [0.05, 0.1) is 6.42 Å². The van der Waals surface area contributed by atoms with Crippen molar-refractivity contribution in [1.82, 2.24) is 5.32 Å². The summed E-state index contributed by atoms with van der Waals surface area (Å²) < 4.78 is 0. The molecule has 5 heteroatoms. The largest absolute Gasteiger partial charge is 0.481 e. The zero-order chi connectivity index (χ0) is 12.8. The molecule has 0 saturated carbocycles. The molecule has 0 fully saturated rings. The van der Waals surface area contributed by atoms with Crippen molar-refractivity contribution in [3.8, 4) is 0 Å². The molecule has 96 valence electrons. The minimum atomic E-state index is -0.770. The van der Waals surface area contributed by atoms with Gasteiger partial charge in [-0.15, -0.1) is 11.3 Å². The van der Waals surface area contributed by atoms with E-state index in [9.17, 15) is 4.79 Å². The molecule has 2 heterocycles. The van der Waals surface area contributed by atoms with Crippen molar-refractivity contribution in [2.24, 2.45) is 0 Å². The Bertz CT molecular complexity index is 491. The van der Waals surface area contributed by atoms with Crippen LogP contribution < -0.4 is 5.32 Å². The van der Waals surface area contributed by atoms with Gasteiger partial charge in [0.15, 0.2) is 0 Å². The maximum Gasteiger partial charge on any atom is 0.308 e. The van der Waals surface area contributed by atoms with Crippen LogP contribution in [0.4, 0.5) is 0 Å². The zero-order valence-corrected chi connectivity index (χ0v) is 11.5. The number of carboxylic acids is 1. The Morgan fingerprint density at radius 1 is 1.28 bits per heavy atom. The highest BCUT2D eigenvalue weighted by Crippen LogP contribution is 2.16. The number of hydrogen-bond donors (Lipinski definition) is 2. The van der Waals surface area contributed by atoms with E-state index in [-0.39, 0.29) is 6.42 Å². The summed E-state index contributed by atoms with van der Waals surface area (Å²) in [7, 11) is 0. The van der Waals surface area contributed by atoms with Crippen LogP contribution in [0.25, 0.3) is 0 Å². The van der Waals surface area contributed by atoms with E-state index in [1.807, 2.05) is 12.1 Å². The van der Waals surface area contributed by atoms with Crippen molar-refractivity contribution in [3.63, 3.8) is 0 Å². The number of thiophene rings is 2. The van der Waals surface area contributed by atoms with E-state index in [1.54, 1.807) is 22.7 Å². The average Bonchev–Trinajstić information content (AvgIpc) is 2.95. The predicted molar refractivity (Wildman–Crippen MR) is 75.4 cm³/mol. The van der Waals surface area contributed by atoms with Crippen LogP contribution in [-0.2, 0) is 24.2 Å². The summed E-state index contributed by atoms with van der Waals surface area (Å²) in [4.78, 5) is 12.7. The molecular formula is C13H15NO2S2. The first-order valence-electron chi connectivity index (χ1n) is 5.75. The molecule has 2 rings (SSSR count). The number of aliphatic carboxylic acids is 1. The number of carboxylic acid groups (broad SMARTS) is 1. The Morgan fingerprint density at radius 2 is 2.11 bits per heavy atom. The Hall–Kier alpha value is -1.17. The number of nitrogens with one attached hydrogen (secondary N) is 1. The summed E-state index contributed by atoms with van der Waals surface area (Å²) in [6.07, 6.45) is 1.16. The van der Waals surface area contributed by atoms with Crippen LogP contribution in [0.15, 0.2) is 29.0 Å².